The molecular formula is C9H12O8S3. The van der Waals surface area contributed by atoms with Crippen molar-refractivity contribution < 1.29 is 34.4 Å². The molecule has 0 atom stereocenters. The van der Waals surface area contributed by atoms with Crippen molar-refractivity contribution in [1.29, 1.82) is 0 Å². The van der Waals surface area contributed by atoms with Gasteiger partial charge >= 0.3 is 0 Å². The van der Waals surface area contributed by atoms with Crippen LogP contribution in [0.5, 0.6) is 0 Å². The fourth-order valence-corrected chi connectivity index (χ4v) is 4.73. The van der Waals surface area contributed by atoms with Gasteiger partial charge in [0.2, 0.25) is 0 Å². The molecule has 0 heterocycles. The minimum atomic E-state index is -4.46. The van der Waals surface area contributed by atoms with E-state index in [9.17, 15) is 25.3 Å². The Morgan fingerprint density at radius 1 is 0.950 bits per heavy atom. The lowest BCUT2D eigenvalue weighted by molar-refractivity contribution is 0.481. The summed E-state index contributed by atoms with van der Waals surface area (Å²) in [5.41, 5.74) is 0.000399. The first-order chi connectivity index (χ1) is 8.83. The predicted octanol–water partition coefficient (Wildman–Crippen LogP) is -0.0968. The van der Waals surface area contributed by atoms with Crippen LogP contribution in [0.15, 0.2) is 28.0 Å². The number of hydrogen-bond acceptors (Lipinski definition) is 6. The summed E-state index contributed by atoms with van der Waals surface area (Å²) in [4.78, 5) is -0.739. The van der Waals surface area contributed by atoms with E-state index < -0.39 is 46.5 Å². The fraction of sp³-hybridized carbons (Fsp3) is 0.333. The highest BCUT2D eigenvalue weighted by atomic mass is 32.2. The molecule has 20 heavy (non-hydrogen) atoms. The fourth-order valence-electron chi connectivity index (χ4n) is 1.44. The zero-order valence-corrected chi connectivity index (χ0v) is 12.7. The van der Waals surface area contributed by atoms with Gasteiger partial charge in [0.25, 0.3) is 20.2 Å². The minimum absolute atomic E-state index is 0.000399. The maximum Gasteiger partial charge on any atom is 0.294 e. The lowest BCUT2D eigenvalue weighted by Gasteiger charge is -2.07. The van der Waals surface area contributed by atoms with Gasteiger partial charge in [-0.25, -0.2) is 8.42 Å². The molecule has 0 aliphatic carbocycles. The Hall–Kier alpha value is -1.01. The minimum Gasteiger partial charge on any atom is -0.286 e. The number of rotatable bonds is 5. The van der Waals surface area contributed by atoms with E-state index in [0.717, 1.165) is 18.2 Å². The van der Waals surface area contributed by atoms with Crippen LogP contribution in [0, 0.1) is 6.92 Å². The van der Waals surface area contributed by atoms with E-state index in [-0.39, 0.29) is 10.5 Å². The highest BCUT2D eigenvalue weighted by molar-refractivity contribution is 7.93. The molecule has 0 aromatic heterocycles. The number of hydrogen-bond donors (Lipinski definition) is 2. The van der Waals surface area contributed by atoms with Crippen molar-refractivity contribution in [3.63, 3.8) is 0 Å². The van der Waals surface area contributed by atoms with Crippen LogP contribution in [0.4, 0.5) is 0 Å². The summed E-state index contributed by atoms with van der Waals surface area (Å²) >= 11 is 0. The van der Waals surface area contributed by atoms with E-state index in [2.05, 4.69) is 0 Å². The Balaban J connectivity index is 3.19. The first kappa shape index (κ1) is 17.0. The molecule has 0 spiro atoms. The molecule has 0 unspecified atom stereocenters. The maximum absolute atomic E-state index is 11.8. The zero-order chi connectivity index (χ0) is 15.8. The molecule has 0 aliphatic rings. The maximum atomic E-state index is 11.8. The van der Waals surface area contributed by atoms with Gasteiger partial charge in [0.05, 0.1) is 21.3 Å². The summed E-state index contributed by atoms with van der Waals surface area (Å²) in [6, 6.07) is 2.85. The van der Waals surface area contributed by atoms with Crippen molar-refractivity contribution in [1.82, 2.24) is 0 Å². The molecule has 0 amide bonds. The molecule has 1 aromatic carbocycles. The molecule has 0 radical (unpaired) electrons. The molecule has 0 aliphatic heterocycles. The molecule has 8 nitrogen and oxygen atoms in total. The number of aryl methyl sites for hydroxylation is 1. The van der Waals surface area contributed by atoms with Crippen LogP contribution >= 0.6 is 0 Å². The topological polar surface area (TPSA) is 143 Å². The SMILES string of the molecule is Cc1cc(S(=O)(=O)CCS(=O)(=O)O)ccc1S(=O)(=O)O. The Morgan fingerprint density at radius 2 is 1.50 bits per heavy atom. The third kappa shape index (κ3) is 4.52. The summed E-state index contributed by atoms with van der Waals surface area (Å²) < 4.78 is 84.0. The Bertz CT molecular complexity index is 818. The van der Waals surface area contributed by atoms with Crippen LogP contribution in [-0.4, -0.2) is 45.9 Å². The van der Waals surface area contributed by atoms with Gasteiger partial charge in [-0.05, 0) is 30.7 Å². The molecule has 0 fully saturated rings. The van der Waals surface area contributed by atoms with E-state index >= 15 is 0 Å². The van der Waals surface area contributed by atoms with Crippen molar-refractivity contribution in [3.8, 4) is 0 Å². The van der Waals surface area contributed by atoms with Crippen molar-refractivity contribution in [2.75, 3.05) is 11.5 Å². The van der Waals surface area contributed by atoms with Crippen LogP contribution in [0.1, 0.15) is 5.56 Å². The van der Waals surface area contributed by atoms with Gasteiger partial charge in [-0.15, -0.1) is 0 Å². The van der Waals surface area contributed by atoms with Crippen LogP contribution in [0.3, 0.4) is 0 Å². The van der Waals surface area contributed by atoms with Crippen LogP contribution in [-0.2, 0) is 30.1 Å². The first-order valence-corrected chi connectivity index (χ1v) is 9.79. The largest absolute Gasteiger partial charge is 0.294 e. The number of benzene rings is 1. The van der Waals surface area contributed by atoms with Crippen molar-refractivity contribution in [2.45, 2.75) is 16.7 Å². The Morgan fingerprint density at radius 3 is 1.90 bits per heavy atom. The Labute approximate surface area is 116 Å². The smallest absolute Gasteiger partial charge is 0.286 e. The van der Waals surface area contributed by atoms with Crippen molar-refractivity contribution in [2.24, 2.45) is 0 Å². The molecule has 1 rings (SSSR count). The highest BCUT2D eigenvalue weighted by Gasteiger charge is 2.21. The normalized spacial score (nSPS) is 13.3. The quantitative estimate of drug-likeness (QED) is 0.705. The zero-order valence-electron chi connectivity index (χ0n) is 10.2. The predicted molar refractivity (Wildman–Crippen MR) is 69.5 cm³/mol. The Kier molecular flexibility index (Phi) is 4.61. The van der Waals surface area contributed by atoms with Gasteiger partial charge in [0.1, 0.15) is 0 Å². The molecule has 2 N–H and O–H groups in total. The number of sulfone groups is 1. The van der Waals surface area contributed by atoms with Gasteiger partial charge < -0.3 is 0 Å². The van der Waals surface area contributed by atoms with Crippen LogP contribution < -0.4 is 0 Å². The van der Waals surface area contributed by atoms with Crippen molar-refractivity contribution in [3.05, 3.63) is 23.8 Å². The van der Waals surface area contributed by atoms with E-state index in [1.807, 2.05) is 0 Å². The summed E-state index contributed by atoms with van der Waals surface area (Å²) in [5, 5.41) is 0. The summed E-state index contributed by atoms with van der Waals surface area (Å²) in [5.74, 6) is -1.80. The molecule has 0 saturated heterocycles. The molecule has 0 bridgehead atoms. The molecule has 114 valence electrons. The van der Waals surface area contributed by atoms with Gasteiger partial charge in [-0.1, -0.05) is 0 Å². The summed E-state index contributed by atoms with van der Waals surface area (Å²) in [6.07, 6.45) is 0. The van der Waals surface area contributed by atoms with Crippen LogP contribution in [0.25, 0.3) is 0 Å². The van der Waals surface area contributed by atoms with E-state index in [1.54, 1.807) is 0 Å². The standard InChI is InChI=1S/C9H12O8S3/c1-7-6-8(2-3-9(7)20(15,16)17)18(10,11)4-5-19(12,13)14/h2-3,6H,4-5H2,1H3,(H,12,13,14)(H,15,16,17). The third-order valence-corrected chi connectivity index (χ3v) is 6.10. The lowest BCUT2D eigenvalue weighted by atomic mass is 10.2. The molecule has 1 aromatic rings. The summed E-state index contributed by atoms with van der Waals surface area (Å²) in [6.45, 7) is 1.28. The van der Waals surface area contributed by atoms with Crippen molar-refractivity contribution >= 4 is 30.1 Å². The van der Waals surface area contributed by atoms with Gasteiger partial charge in [0.15, 0.2) is 9.84 Å². The second kappa shape index (κ2) is 5.41. The molecule has 0 saturated carbocycles. The highest BCUT2D eigenvalue weighted by Crippen LogP contribution is 2.20. The molecule has 11 heteroatoms. The van der Waals surface area contributed by atoms with E-state index in [4.69, 9.17) is 9.11 Å². The average molecular weight is 344 g/mol. The molecular weight excluding hydrogens is 332 g/mol. The summed E-state index contributed by atoms with van der Waals surface area (Å²) in [7, 11) is -12.9. The van der Waals surface area contributed by atoms with Gasteiger partial charge in [0, 0.05) is 0 Å². The van der Waals surface area contributed by atoms with E-state index in [0.29, 0.717) is 0 Å². The van der Waals surface area contributed by atoms with E-state index in [1.165, 1.54) is 6.92 Å². The van der Waals surface area contributed by atoms with Gasteiger partial charge in [-0.2, -0.15) is 16.8 Å². The lowest BCUT2D eigenvalue weighted by Crippen LogP contribution is -2.17. The third-order valence-electron chi connectivity index (χ3n) is 2.39. The second-order valence-corrected chi connectivity index (χ2v) is 9.08. The van der Waals surface area contributed by atoms with Crippen LogP contribution in [0.2, 0.25) is 0 Å². The monoisotopic (exact) mass is 344 g/mol. The van der Waals surface area contributed by atoms with Gasteiger partial charge in [-0.3, -0.25) is 9.11 Å². The average Bonchev–Trinajstić information content (AvgIpc) is 2.24. The first-order valence-electron chi connectivity index (χ1n) is 5.09. The second-order valence-electron chi connectivity index (χ2n) is 4.01.